The number of hydrogen-bond acceptors (Lipinski definition) is 3. The predicted molar refractivity (Wildman–Crippen MR) is 74.4 cm³/mol. The molecule has 0 unspecified atom stereocenters. The summed E-state index contributed by atoms with van der Waals surface area (Å²) >= 11 is 0. The van der Waals surface area contributed by atoms with Gasteiger partial charge in [-0.25, -0.2) is 4.68 Å². The maximum absolute atomic E-state index is 6.16. The Balaban J connectivity index is 3.07. The van der Waals surface area contributed by atoms with Gasteiger partial charge in [0.05, 0.1) is 11.4 Å². The summed E-state index contributed by atoms with van der Waals surface area (Å²) in [7, 11) is 0. The second-order valence-corrected chi connectivity index (χ2v) is 4.98. The predicted octanol–water partition coefficient (Wildman–Crippen LogP) is 2.67. The van der Waals surface area contributed by atoms with Crippen LogP contribution in [0.4, 0.5) is 11.5 Å². The average Bonchev–Trinajstić information content (AvgIpc) is 2.52. The van der Waals surface area contributed by atoms with Crippen LogP contribution in [0.2, 0.25) is 0 Å². The molecule has 2 N–H and O–H groups in total. The van der Waals surface area contributed by atoms with Crippen molar-refractivity contribution in [1.29, 1.82) is 0 Å². The van der Waals surface area contributed by atoms with Crippen molar-refractivity contribution in [3.63, 3.8) is 0 Å². The Morgan fingerprint density at radius 3 is 2.47 bits per heavy atom. The molecule has 0 aliphatic heterocycles. The summed E-state index contributed by atoms with van der Waals surface area (Å²) in [5, 5.41) is 4.53. The largest absolute Gasteiger partial charge is 0.394 e. The fourth-order valence-electron chi connectivity index (χ4n) is 2.09. The zero-order valence-electron chi connectivity index (χ0n) is 11.8. The summed E-state index contributed by atoms with van der Waals surface area (Å²) < 4.78 is 2.05. The summed E-state index contributed by atoms with van der Waals surface area (Å²) in [6.07, 6.45) is 1.08. The summed E-state index contributed by atoms with van der Waals surface area (Å²) in [5.41, 5.74) is 7.94. The van der Waals surface area contributed by atoms with Crippen LogP contribution in [0.25, 0.3) is 0 Å². The summed E-state index contributed by atoms with van der Waals surface area (Å²) in [5.74, 6) is 1.72. The van der Waals surface area contributed by atoms with Gasteiger partial charge in [0.15, 0.2) is 5.82 Å². The summed E-state index contributed by atoms with van der Waals surface area (Å²) in [4.78, 5) is 2.33. The van der Waals surface area contributed by atoms with Crippen molar-refractivity contribution in [2.45, 2.75) is 47.6 Å². The van der Waals surface area contributed by atoms with Crippen LogP contribution in [0.5, 0.6) is 0 Å². The number of aryl methyl sites for hydroxylation is 2. The highest BCUT2D eigenvalue weighted by Gasteiger charge is 2.18. The maximum atomic E-state index is 6.16. The number of nitrogens with zero attached hydrogens (tertiary/aromatic N) is 3. The normalized spacial score (nSPS) is 11.2. The molecule has 0 amide bonds. The van der Waals surface area contributed by atoms with Crippen molar-refractivity contribution in [1.82, 2.24) is 9.78 Å². The van der Waals surface area contributed by atoms with Crippen LogP contribution in [0.1, 0.15) is 39.8 Å². The van der Waals surface area contributed by atoms with E-state index in [1.54, 1.807) is 0 Å². The van der Waals surface area contributed by atoms with Gasteiger partial charge >= 0.3 is 0 Å². The van der Waals surface area contributed by atoms with Crippen molar-refractivity contribution in [3.8, 4) is 0 Å². The van der Waals surface area contributed by atoms with E-state index in [1.807, 2.05) is 6.92 Å². The van der Waals surface area contributed by atoms with E-state index in [0.29, 0.717) is 5.92 Å². The molecule has 0 fully saturated rings. The first-order chi connectivity index (χ1) is 8.01. The number of hydrogen-bond donors (Lipinski definition) is 1. The van der Waals surface area contributed by atoms with Crippen molar-refractivity contribution in [2.24, 2.45) is 5.92 Å². The second-order valence-electron chi connectivity index (χ2n) is 4.98. The quantitative estimate of drug-likeness (QED) is 0.829. The van der Waals surface area contributed by atoms with Crippen LogP contribution in [-0.2, 0) is 6.54 Å². The van der Waals surface area contributed by atoms with Crippen LogP contribution in [0, 0.1) is 12.8 Å². The highest BCUT2D eigenvalue weighted by molar-refractivity contribution is 5.66. The van der Waals surface area contributed by atoms with Gasteiger partial charge in [0.25, 0.3) is 0 Å². The van der Waals surface area contributed by atoms with E-state index in [9.17, 15) is 0 Å². The Labute approximate surface area is 105 Å². The fourth-order valence-corrected chi connectivity index (χ4v) is 2.09. The number of anilines is 2. The third-order valence-corrected chi connectivity index (χ3v) is 2.85. The number of nitrogens with two attached hydrogens (primary N) is 1. The van der Waals surface area contributed by atoms with Gasteiger partial charge in [-0.05, 0) is 26.2 Å². The van der Waals surface area contributed by atoms with Crippen LogP contribution in [-0.4, -0.2) is 22.9 Å². The molecule has 0 saturated carbocycles. The monoisotopic (exact) mass is 238 g/mol. The Kier molecular flexibility index (Phi) is 4.85. The SMILES string of the molecule is CCCn1nc(C)c(N)c1N(CC)CC(C)C. The molecule has 1 rings (SSSR count). The molecule has 4 nitrogen and oxygen atoms in total. The summed E-state index contributed by atoms with van der Waals surface area (Å²) in [6, 6.07) is 0. The topological polar surface area (TPSA) is 47.1 Å². The van der Waals surface area contributed by atoms with Crippen LogP contribution < -0.4 is 10.6 Å². The molecule has 1 aromatic rings. The van der Waals surface area contributed by atoms with E-state index in [0.717, 1.165) is 43.3 Å². The molecule has 0 bridgehead atoms. The maximum Gasteiger partial charge on any atom is 0.150 e. The lowest BCUT2D eigenvalue weighted by molar-refractivity contribution is 0.561. The molecule has 17 heavy (non-hydrogen) atoms. The molecule has 4 heteroatoms. The molecule has 0 spiro atoms. The molecule has 0 saturated heterocycles. The Morgan fingerprint density at radius 1 is 1.35 bits per heavy atom. The lowest BCUT2D eigenvalue weighted by Gasteiger charge is -2.26. The molecular formula is C13H26N4. The number of aromatic nitrogens is 2. The minimum absolute atomic E-state index is 0.625. The van der Waals surface area contributed by atoms with E-state index in [-0.39, 0.29) is 0 Å². The first kappa shape index (κ1) is 13.9. The first-order valence-electron chi connectivity index (χ1n) is 6.59. The molecule has 98 valence electrons. The number of rotatable bonds is 6. The minimum atomic E-state index is 0.625. The van der Waals surface area contributed by atoms with E-state index in [4.69, 9.17) is 5.73 Å². The first-order valence-corrected chi connectivity index (χ1v) is 6.59. The van der Waals surface area contributed by atoms with Crippen molar-refractivity contribution in [2.75, 3.05) is 23.7 Å². The molecule has 1 aromatic heterocycles. The molecule has 0 atom stereocenters. The summed E-state index contributed by atoms with van der Waals surface area (Å²) in [6.45, 7) is 13.7. The van der Waals surface area contributed by atoms with Gasteiger partial charge in [0, 0.05) is 19.6 Å². The van der Waals surface area contributed by atoms with Gasteiger partial charge < -0.3 is 10.6 Å². The molecule has 0 aliphatic rings. The lowest BCUT2D eigenvalue weighted by Crippen LogP contribution is -2.30. The van der Waals surface area contributed by atoms with Crippen LogP contribution in [0.15, 0.2) is 0 Å². The molecule has 0 aliphatic carbocycles. The molecular weight excluding hydrogens is 212 g/mol. The fraction of sp³-hybridized carbons (Fsp3) is 0.769. The highest BCUT2D eigenvalue weighted by atomic mass is 15.4. The Hall–Kier alpha value is -1.19. The van der Waals surface area contributed by atoms with E-state index < -0.39 is 0 Å². The van der Waals surface area contributed by atoms with Gasteiger partial charge in [0.2, 0.25) is 0 Å². The van der Waals surface area contributed by atoms with Gasteiger partial charge in [-0.3, -0.25) is 0 Å². The van der Waals surface area contributed by atoms with E-state index in [2.05, 4.69) is 42.4 Å². The van der Waals surface area contributed by atoms with Crippen LogP contribution in [0.3, 0.4) is 0 Å². The number of nitrogen functional groups attached to an aromatic ring is 1. The standard InChI is InChI=1S/C13H26N4/c1-6-8-17-13(12(14)11(5)15-17)16(7-2)9-10(3)4/h10H,6-9,14H2,1-5H3. The third kappa shape index (κ3) is 3.14. The Bertz CT molecular complexity index is 355. The minimum Gasteiger partial charge on any atom is -0.394 e. The molecule has 1 heterocycles. The van der Waals surface area contributed by atoms with Crippen molar-refractivity contribution >= 4 is 11.5 Å². The van der Waals surface area contributed by atoms with E-state index >= 15 is 0 Å². The lowest BCUT2D eigenvalue weighted by atomic mass is 10.2. The molecule has 0 aromatic carbocycles. The highest BCUT2D eigenvalue weighted by Crippen LogP contribution is 2.27. The average molecular weight is 238 g/mol. The van der Waals surface area contributed by atoms with Gasteiger partial charge in [-0.15, -0.1) is 0 Å². The second kappa shape index (κ2) is 5.94. The van der Waals surface area contributed by atoms with Crippen LogP contribution >= 0.6 is 0 Å². The van der Waals surface area contributed by atoms with Gasteiger partial charge in [-0.2, -0.15) is 5.10 Å². The van der Waals surface area contributed by atoms with Gasteiger partial charge in [-0.1, -0.05) is 20.8 Å². The Morgan fingerprint density at radius 2 is 2.00 bits per heavy atom. The zero-order chi connectivity index (χ0) is 13.0. The van der Waals surface area contributed by atoms with E-state index in [1.165, 1.54) is 0 Å². The zero-order valence-corrected chi connectivity index (χ0v) is 11.8. The van der Waals surface area contributed by atoms with Crippen molar-refractivity contribution in [3.05, 3.63) is 5.69 Å². The third-order valence-electron chi connectivity index (χ3n) is 2.85. The van der Waals surface area contributed by atoms with Crippen molar-refractivity contribution < 1.29 is 0 Å². The van der Waals surface area contributed by atoms with Gasteiger partial charge in [0.1, 0.15) is 0 Å². The molecule has 0 radical (unpaired) electrons. The smallest absolute Gasteiger partial charge is 0.150 e.